The zero-order valence-corrected chi connectivity index (χ0v) is 13.4. The second-order valence-electron chi connectivity index (χ2n) is 6.02. The third-order valence-corrected chi connectivity index (χ3v) is 3.56. The van der Waals surface area contributed by atoms with Crippen LogP contribution in [0.3, 0.4) is 0 Å². The van der Waals surface area contributed by atoms with E-state index < -0.39 is 0 Å². The number of aliphatic hydroxyl groups is 1. The fourth-order valence-electron chi connectivity index (χ4n) is 1.71. The van der Waals surface area contributed by atoms with Crippen LogP contribution in [0.25, 0.3) is 0 Å². The molecule has 21 heavy (non-hydrogen) atoms. The molecule has 2 N–H and O–H groups in total. The summed E-state index contributed by atoms with van der Waals surface area (Å²) < 4.78 is 0. The second-order valence-corrected chi connectivity index (χ2v) is 6.02. The Morgan fingerprint density at radius 2 is 2.10 bits per heavy atom. The quantitative estimate of drug-likeness (QED) is 0.818. The molecule has 1 aromatic carbocycles. The normalized spacial score (nSPS) is 10.7. The van der Waals surface area contributed by atoms with E-state index >= 15 is 0 Å². The monoisotopic (exact) mass is 287 g/mol. The highest BCUT2D eigenvalue weighted by Crippen LogP contribution is 2.18. The molecule has 0 heterocycles. The van der Waals surface area contributed by atoms with E-state index in [-0.39, 0.29) is 17.9 Å². The van der Waals surface area contributed by atoms with E-state index in [1.54, 1.807) is 0 Å². The number of benzene rings is 1. The molecule has 0 aromatic heterocycles. The van der Waals surface area contributed by atoms with E-state index in [1.807, 2.05) is 25.1 Å². The SMILES string of the molecule is CCC(C)(C)CNC(=O)c1ccc(C)cc1C#CCCO. The first-order valence-electron chi connectivity index (χ1n) is 7.38. The molecule has 114 valence electrons. The van der Waals surface area contributed by atoms with E-state index in [0.29, 0.717) is 18.5 Å². The van der Waals surface area contributed by atoms with Gasteiger partial charge in [0, 0.05) is 18.5 Å². The molecule has 0 atom stereocenters. The number of aliphatic hydroxyl groups excluding tert-OH is 1. The highest BCUT2D eigenvalue weighted by Gasteiger charge is 2.17. The van der Waals surface area contributed by atoms with Gasteiger partial charge < -0.3 is 10.4 Å². The highest BCUT2D eigenvalue weighted by atomic mass is 16.2. The van der Waals surface area contributed by atoms with Gasteiger partial charge in [0.1, 0.15) is 0 Å². The Labute approximate surface area is 127 Å². The van der Waals surface area contributed by atoms with Gasteiger partial charge in [0.2, 0.25) is 0 Å². The number of aryl methyl sites for hydroxylation is 1. The molecular weight excluding hydrogens is 262 g/mol. The summed E-state index contributed by atoms with van der Waals surface area (Å²) in [5.74, 6) is 5.76. The number of hydrogen-bond donors (Lipinski definition) is 2. The van der Waals surface area contributed by atoms with Crippen LogP contribution in [-0.2, 0) is 0 Å². The lowest BCUT2D eigenvalue weighted by atomic mass is 9.90. The lowest BCUT2D eigenvalue weighted by molar-refractivity contribution is 0.0935. The van der Waals surface area contributed by atoms with Crippen molar-refractivity contribution >= 4 is 5.91 Å². The van der Waals surface area contributed by atoms with Crippen LogP contribution in [-0.4, -0.2) is 24.2 Å². The van der Waals surface area contributed by atoms with E-state index in [1.165, 1.54) is 0 Å². The van der Waals surface area contributed by atoms with Crippen LogP contribution < -0.4 is 5.32 Å². The predicted octanol–water partition coefficient (Wildman–Crippen LogP) is 2.89. The van der Waals surface area contributed by atoms with Gasteiger partial charge in [-0.05, 0) is 36.5 Å². The van der Waals surface area contributed by atoms with Crippen LogP contribution in [0.15, 0.2) is 18.2 Å². The third kappa shape index (κ3) is 5.61. The Hall–Kier alpha value is -1.79. The highest BCUT2D eigenvalue weighted by molar-refractivity contribution is 5.96. The molecule has 0 radical (unpaired) electrons. The molecule has 0 unspecified atom stereocenters. The van der Waals surface area contributed by atoms with E-state index in [0.717, 1.165) is 17.5 Å². The van der Waals surface area contributed by atoms with Gasteiger partial charge in [0.05, 0.1) is 12.2 Å². The van der Waals surface area contributed by atoms with Crippen molar-refractivity contribution in [2.75, 3.05) is 13.2 Å². The first-order chi connectivity index (χ1) is 9.89. The van der Waals surface area contributed by atoms with Crippen molar-refractivity contribution in [2.45, 2.75) is 40.5 Å². The van der Waals surface area contributed by atoms with Crippen LogP contribution in [0, 0.1) is 24.2 Å². The van der Waals surface area contributed by atoms with Crippen LogP contribution in [0.1, 0.15) is 55.1 Å². The number of amides is 1. The molecule has 0 saturated carbocycles. The molecule has 0 aliphatic rings. The average Bonchev–Trinajstić information content (AvgIpc) is 2.45. The second kappa shape index (κ2) is 7.85. The number of rotatable bonds is 5. The fraction of sp³-hybridized carbons (Fsp3) is 0.500. The molecule has 3 nitrogen and oxygen atoms in total. The zero-order chi connectivity index (χ0) is 15.9. The number of nitrogens with one attached hydrogen (secondary N) is 1. The minimum absolute atomic E-state index is 0.0328. The molecule has 0 bridgehead atoms. The number of carbonyl (C=O) groups is 1. The summed E-state index contributed by atoms with van der Waals surface area (Å²) in [5.41, 5.74) is 2.46. The number of carbonyl (C=O) groups excluding carboxylic acids is 1. The maximum atomic E-state index is 12.3. The summed E-state index contributed by atoms with van der Waals surface area (Å²) in [6.45, 7) is 9.02. The fourth-order valence-corrected chi connectivity index (χ4v) is 1.71. The molecule has 1 amide bonds. The van der Waals surface area contributed by atoms with Crippen molar-refractivity contribution in [3.05, 3.63) is 34.9 Å². The zero-order valence-electron chi connectivity index (χ0n) is 13.4. The molecule has 0 spiro atoms. The van der Waals surface area contributed by atoms with Crippen LogP contribution in [0.5, 0.6) is 0 Å². The molecule has 0 aliphatic carbocycles. The smallest absolute Gasteiger partial charge is 0.252 e. The minimum Gasteiger partial charge on any atom is -0.395 e. The Morgan fingerprint density at radius 1 is 1.38 bits per heavy atom. The van der Waals surface area contributed by atoms with Gasteiger partial charge in [-0.15, -0.1) is 0 Å². The lowest BCUT2D eigenvalue weighted by Gasteiger charge is -2.23. The Morgan fingerprint density at radius 3 is 2.71 bits per heavy atom. The predicted molar refractivity (Wildman–Crippen MR) is 86.2 cm³/mol. The van der Waals surface area contributed by atoms with Crippen LogP contribution >= 0.6 is 0 Å². The van der Waals surface area contributed by atoms with Crippen molar-refractivity contribution in [1.29, 1.82) is 0 Å². The van der Waals surface area contributed by atoms with Crippen LogP contribution in [0.2, 0.25) is 0 Å². The molecule has 1 rings (SSSR count). The lowest BCUT2D eigenvalue weighted by Crippen LogP contribution is -2.34. The van der Waals surface area contributed by atoms with Crippen molar-refractivity contribution in [3.8, 4) is 11.8 Å². The molecule has 0 aliphatic heterocycles. The van der Waals surface area contributed by atoms with E-state index in [9.17, 15) is 4.79 Å². The van der Waals surface area contributed by atoms with Crippen molar-refractivity contribution in [1.82, 2.24) is 5.32 Å². The summed E-state index contributed by atoms with van der Waals surface area (Å²) in [7, 11) is 0. The average molecular weight is 287 g/mol. The Balaban J connectivity index is 2.91. The van der Waals surface area contributed by atoms with E-state index in [2.05, 4.69) is 37.9 Å². The van der Waals surface area contributed by atoms with Gasteiger partial charge >= 0.3 is 0 Å². The first-order valence-corrected chi connectivity index (χ1v) is 7.38. The van der Waals surface area contributed by atoms with E-state index in [4.69, 9.17) is 5.11 Å². The molecule has 0 fully saturated rings. The summed E-state index contributed by atoms with van der Waals surface area (Å²) in [6, 6.07) is 5.63. The molecule has 0 saturated heterocycles. The van der Waals surface area contributed by atoms with Crippen molar-refractivity contribution in [2.24, 2.45) is 5.41 Å². The standard InChI is InChI=1S/C18H25NO2/c1-5-18(3,4)13-19-17(21)16-10-9-14(2)12-15(16)8-6-7-11-20/h9-10,12,20H,5,7,11,13H2,1-4H3,(H,19,21). The molecule has 1 aromatic rings. The van der Waals surface area contributed by atoms with Gasteiger partial charge in [-0.1, -0.05) is 38.7 Å². The van der Waals surface area contributed by atoms with Crippen LogP contribution in [0.4, 0.5) is 0 Å². The summed E-state index contributed by atoms with van der Waals surface area (Å²) in [4.78, 5) is 12.3. The third-order valence-electron chi connectivity index (χ3n) is 3.56. The van der Waals surface area contributed by atoms with Gasteiger partial charge in [0.15, 0.2) is 0 Å². The van der Waals surface area contributed by atoms with Crippen molar-refractivity contribution in [3.63, 3.8) is 0 Å². The maximum absolute atomic E-state index is 12.3. The van der Waals surface area contributed by atoms with Gasteiger partial charge in [-0.25, -0.2) is 0 Å². The van der Waals surface area contributed by atoms with Gasteiger partial charge in [-0.3, -0.25) is 4.79 Å². The number of hydrogen-bond acceptors (Lipinski definition) is 2. The first kappa shape index (κ1) is 17.3. The minimum atomic E-state index is -0.0928. The topological polar surface area (TPSA) is 49.3 Å². The molecular formula is C18H25NO2. The Bertz CT molecular complexity index is 550. The maximum Gasteiger partial charge on any atom is 0.252 e. The molecule has 3 heteroatoms. The van der Waals surface area contributed by atoms with Gasteiger partial charge in [0.25, 0.3) is 5.91 Å². The summed E-state index contributed by atoms with van der Waals surface area (Å²) in [5, 5.41) is 11.8. The van der Waals surface area contributed by atoms with Gasteiger partial charge in [-0.2, -0.15) is 0 Å². The summed E-state index contributed by atoms with van der Waals surface area (Å²) in [6.07, 6.45) is 1.42. The van der Waals surface area contributed by atoms with Crippen molar-refractivity contribution < 1.29 is 9.90 Å². The largest absolute Gasteiger partial charge is 0.395 e. The Kier molecular flexibility index (Phi) is 6.45. The summed E-state index contributed by atoms with van der Waals surface area (Å²) >= 11 is 0.